The Balaban J connectivity index is 0.000000160. The molecule has 10 heteroatoms. The molecule has 2 aliphatic carbocycles. The SMILES string of the molecule is C[n+]1ccn(C(=O)OCC2c3ccccc3-c3ccccc32)c1.Cn1ccnc1.O=C(Cl)OCC1c2ccccc2-c2ccccc21.[Cl-]. The fourth-order valence-corrected chi connectivity index (χ4v) is 6.20. The maximum atomic E-state index is 12.2. The highest BCUT2D eigenvalue weighted by atomic mass is 35.5. The standard InChI is InChI=1S/C19H17N2O2.C15H11ClO2.C4H6N2.ClH/c1-20-10-11-21(13-20)19(22)23-12-18-16-8-4-2-6-14(16)15-7-3-5-9-17(15)18;16-15(17)18-9-14-12-7-3-1-5-10(12)11-6-2-4-8-13(11)14;1-6-3-2-5-4-6;/h2-11,13,18H,12H2,1H3;1-8,14H,9H2;2-4H,1H3;1H/q+1;;;/p-1. The zero-order chi connectivity index (χ0) is 32.8. The summed E-state index contributed by atoms with van der Waals surface area (Å²) in [5.41, 5.74) is 8.96. The summed E-state index contributed by atoms with van der Waals surface area (Å²) in [6.07, 6.45) is 10.2. The topological polar surface area (TPSA) is 79.2 Å². The normalized spacial score (nSPS) is 12.1. The monoisotopic (exact) mass is 680 g/mol. The molecule has 2 aromatic heterocycles. The second-order valence-corrected chi connectivity index (χ2v) is 11.6. The molecule has 0 bridgehead atoms. The van der Waals surface area contributed by atoms with Crippen molar-refractivity contribution in [1.82, 2.24) is 14.1 Å². The minimum atomic E-state index is -0.753. The molecular weight excluding hydrogens is 647 g/mol. The van der Waals surface area contributed by atoms with Crippen molar-refractivity contribution < 1.29 is 36.0 Å². The minimum absolute atomic E-state index is 0. The summed E-state index contributed by atoms with van der Waals surface area (Å²) in [5, 5.41) is 0. The van der Waals surface area contributed by atoms with Gasteiger partial charge in [0, 0.05) is 42.9 Å². The van der Waals surface area contributed by atoms with Crippen LogP contribution in [0.5, 0.6) is 0 Å². The van der Waals surface area contributed by atoms with Crippen molar-refractivity contribution in [2.75, 3.05) is 13.2 Å². The van der Waals surface area contributed by atoms with Crippen LogP contribution in [0.25, 0.3) is 22.3 Å². The average molecular weight is 682 g/mol. The number of carbonyl (C=O) groups is 2. The Morgan fingerprint density at radius 1 is 0.729 bits per heavy atom. The van der Waals surface area contributed by atoms with Gasteiger partial charge in [-0.05, 0) is 44.5 Å². The van der Waals surface area contributed by atoms with Gasteiger partial charge in [-0.25, -0.2) is 14.3 Å². The van der Waals surface area contributed by atoms with E-state index in [9.17, 15) is 9.59 Å². The number of benzene rings is 4. The van der Waals surface area contributed by atoms with Crippen LogP contribution in [0.1, 0.15) is 34.1 Å². The van der Waals surface area contributed by atoms with E-state index < -0.39 is 5.43 Å². The Labute approximate surface area is 290 Å². The van der Waals surface area contributed by atoms with Crippen LogP contribution >= 0.6 is 11.6 Å². The van der Waals surface area contributed by atoms with E-state index in [2.05, 4.69) is 53.5 Å². The Hall–Kier alpha value is -5.18. The molecule has 244 valence electrons. The Bertz CT molecular complexity index is 1920. The van der Waals surface area contributed by atoms with Gasteiger partial charge in [0.05, 0.1) is 13.4 Å². The lowest BCUT2D eigenvalue weighted by molar-refractivity contribution is -0.670. The van der Waals surface area contributed by atoms with E-state index in [1.165, 1.54) is 49.1 Å². The molecule has 0 saturated heterocycles. The predicted octanol–water partition coefficient (Wildman–Crippen LogP) is 4.71. The highest BCUT2D eigenvalue weighted by Crippen LogP contribution is 2.45. The molecule has 0 aliphatic heterocycles. The average Bonchev–Trinajstić information content (AvgIpc) is 3.89. The Kier molecular flexibility index (Phi) is 11.1. The van der Waals surface area contributed by atoms with E-state index >= 15 is 0 Å². The molecule has 8 rings (SSSR count). The molecule has 0 radical (unpaired) electrons. The number of fused-ring (bicyclic) bond motifs is 6. The van der Waals surface area contributed by atoms with Crippen LogP contribution in [0.4, 0.5) is 9.59 Å². The summed E-state index contributed by atoms with van der Waals surface area (Å²) >= 11 is 5.25. The van der Waals surface area contributed by atoms with E-state index in [-0.39, 0.29) is 36.9 Å². The smallest absolute Gasteiger partial charge is 0.511 e. The molecule has 2 aliphatic rings. The van der Waals surface area contributed by atoms with Crippen molar-refractivity contribution in [3.05, 3.63) is 157 Å². The summed E-state index contributed by atoms with van der Waals surface area (Å²) in [5.74, 6) is 0.177. The third-order valence-electron chi connectivity index (χ3n) is 8.28. The van der Waals surface area contributed by atoms with Crippen LogP contribution in [0, 0.1) is 0 Å². The summed E-state index contributed by atoms with van der Waals surface area (Å²) in [7, 11) is 3.81. The van der Waals surface area contributed by atoms with Crippen LogP contribution in [0.15, 0.2) is 135 Å². The molecule has 6 aromatic rings. The van der Waals surface area contributed by atoms with Crippen molar-refractivity contribution in [3.8, 4) is 22.3 Å². The van der Waals surface area contributed by atoms with E-state index in [1.807, 2.05) is 73.4 Å². The summed E-state index contributed by atoms with van der Waals surface area (Å²) in [6, 6.07) is 33.0. The van der Waals surface area contributed by atoms with Crippen molar-refractivity contribution in [2.45, 2.75) is 11.8 Å². The van der Waals surface area contributed by atoms with Crippen molar-refractivity contribution in [3.63, 3.8) is 0 Å². The number of halogens is 2. The number of hydrogen-bond acceptors (Lipinski definition) is 5. The van der Waals surface area contributed by atoms with Crippen LogP contribution < -0.4 is 17.0 Å². The van der Waals surface area contributed by atoms with E-state index in [4.69, 9.17) is 21.1 Å². The number of carbonyl (C=O) groups excluding carboxylic acids is 2. The van der Waals surface area contributed by atoms with Crippen LogP contribution in [-0.4, -0.2) is 38.9 Å². The van der Waals surface area contributed by atoms with Crippen LogP contribution in [-0.2, 0) is 23.6 Å². The van der Waals surface area contributed by atoms with Gasteiger partial charge in [-0.3, -0.25) is 0 Å². The zero-order valence-electron chi connectivity index (χ0n) is 26.4. The van der Waals surface area contributed by atoms with Gasteiger partial charge in [-0.15, -0.1) is 4.57 Å². The van der Waals surface area contributed by atoms with E-state index in [0.717, 1.165) is 0 Å². The Morgan fingerprint density at radius 2 is 1.17 bits per heavy atom. The summed E-state index contributed by atoms with van der Waals surface area (Å²) in [4.78, 5) is 26.7. The Morgan fingerprint density at radius 3 is 1.50 bits per heavy atom. The first-order chi connectivity index (χ1) is 22.9. The maximum Gasteiger partial charge on any atom is 0.511 e. The van der Waals surface area contributed by atoms with Gasteiger partial charge < -0.3 is 26.4 Å². The molecule has 0 amide bonds. The summed E-state index contributed by atoms with van der Waals surface area (Å²) in [6.45, 7) is 0.630. The van der Waals surface area contributed by atoms with Gasteiger partial charge in [0.25, 0.3) is 6.33 Å². The fourth-order valence-electron chi connectivity index (χ4n) is 6.14. The second kappa shape index (κ2) is 15.6. The first kappa shape index (κ1) is 34.2. The molecular formula is C38H34Cl2N4O4. The van der Waals surface area contributed by atoms with Gasteiger partial charge >= 0.3 is 11.5 Å². The largest absolute Gasteiger partial charge is 1.00 e. The lowest BCUT2D eigenvalue weighted by Crippen LogP contribution is -3.00. The third-order valence-corrected chi connectivity index (χ3v) is 8.39. The third kappa shape index (κ3) is 7.51. The highest BCUT2D eigenvalue weighted by Gasteiger charge is 2.30. The zero-order valence-corrected chi connectivity index (χ0v) is 28.0. The molecule has 0 unspecified atom stereocenters. The molecule has 0 N–H and O–H groups in total. The maximum absolute atomic E-state index is 12.2. The number of aryl methyl sites for hydroxylation is 2. The quantitative estimate of drug-likeness (QED) is 0.199. The van der Waals surface area contributed by atoms with E-state index in [0.29, 0.717) is 6.61 Å². The molecule has 0 fully saturated rings. The van der Waals surface area contributed by atoms with E-state index in [1.54, 1.807) is 35.8 Å². The lowest BCUT2D eigenvalue weighted by Gasteiger charge is -2.12. The number of imidazole rings is 2. The first-order valence-corrected chi connectivity index (χ1v) is 15.6. The molecule has 48 heavy (non-hydrogen) atoms. The van der Waals surface area contributed by atoms with Crippen molar-refractivity contribution >= 4 is 23.1 Å². The van der Waals surface area contributed by atoms with Gasteiger partial charge in [-0.2, -0.15) is 4.79 Å². The second-order valence-electron chi connectivity index (χ2n) is 11.3. The predicted molar refractivity (Wildman–Crippen MR) is 180 cm³/mol. The number of rotatable bonds is 4. The van der Waals surface area contributed by atoms with Gasteiger partial charge in [0.2, 0.25) is 0 Å². The van der Waals surface area contributed by atoms with Gasteiger partial charge in [0.15, 0.2) is 0 Å². The molecule has 8 nitrogen and oxygen atoms in total. The van der Waals surface area contributed by atoms with Gasteiger partial charge in [0.1, 0.15) is 25.6 Å². The first-order valence-electron chi connectivity index (χ1n) is 15.2. The lowest BCUT2D eigenvalue weighted by atomic mass is 9.98. The molecule has 0 atom stereocenters. The molecule has 0 saturated carbocycles. The number of ether oxygens (including phenoxy) is 2. The highest BCUT2D eigenvalue weighted by molar-refractivity contribution is 6.61. The number of nitrogens with zero attached hydrogens (tertiary/aromatic N) is 4. The summed E-state index contributed by atoms with van der Waals surface area (Å²) < 4.78 is 15.7. The van der Waals surface area contributed by atoms with Crippen LogP contribution in [0.3, 0.4) is 0 Å². The molecule has 4 aromatic carbocycles. The molecule has 0 spiro atoms. The van der Waals surface area contributed by atoms with Crippen molar-refractivity contribution in [1.29, 1.82) is 0 Å². The fraction of sp³-hybridized carbons (Fsp3) is 0.158. The molecule has 2 heterocycles. The minimum Gasteiger partial charge on any atom is -1.00 e. The van der Waals surface area contributed by atoms with Gasteiger partial charge in [-0.1, -0.05) is 97.1 Å². The number of aromatic nitrogens is 4. The number of hydrogen-bond donors (Lipinski definition) is 0. The van der Waals surface area contributed by atoms with Crippen LogP contribution in [0.2, 0.25) is 0 Å². The van der Waals surface area contributed by atoms with Crippen molar-refractivity contribution in [2.24, 2.45) is 14.1 Å².